The molecular formula is C19H23N7. The summed E-state index contributed by atoms with van der Waals surface area (Å²) in [6.07, 6.45) is 3.83. The van der Waals surface area contributed by atoms with Gasteiger partial charge in [0, 0.05) is 43.8 Å². The zero-order chi connectivity index (χ0) is 18.1. The molecule has 0 spiro atoms. The predicted molar refractivity (Wildman–Crippen MR) is 102 cm³/mol. The lowest BCUT2D eigenvalue weighted by atomic mass is 10.3. The maximum atomic E-state index is 4.78. The van der Waals surface area contributed by atoms with Crippen molar-refractivity contribution in [2.75, 3.05) is 36.0 Å². The smallest absolute Gasteiger partial charge is 0.225 e. The van der Waals surface area contributed by atoms with Crippen molar-refractivity contribution in [3.63, 3.8) is 0 Å². The molecule has 1 fully saturated rings. The zero-order valence-electron chi connectivity index (χ0n) is 15.4. The first-order valence-electron chi connectivity index (χ1n) is 8.89. The van der Waals surface area contributed by atoms with Crippen molar-refractivity contribution in [1.29, 1.82) is 0 Å². The first-order chi connectivity index (χ1) is 12.6. The number of hydrogen-bond acceptors (Lipinski definition) is 6. The van der Waals surface area contributed by atoms with E-state index in [2.05, 4.69) is 30.9 Å². The molecule has 7 heteroatoms. The van der Waals surface area contributed by atoms with Gasteiger partial charge in [0.2, 0.25) is 5.95 Å². The van der Waals surface area contributed by atoms with E-state index in [0.29, 0.717) is 0 Å². The minimum Gasteiger partial charge on any atom is -0.353 e. The van der Waals surface area contributed by atoms with Gasteiger partial charge >= 0.3 is 0 Å². The Hall–Kier alpha value is -2.96. The summed E-state index contributed by atoms with van der Waals surface area (Å²) < 4.78 is 1.82. The van der Waals surface area contributed by atoms with E-state index in [9.17, 15) is 0 Å². The van der Waals surface area contributed by atoms with Crippen molar-refractivity contribution >= 4 is 11.8 Å². The molecule has 0 radical (unpaired) electrons. The van der Waals surface area contributed by atoms with Crippen LogP contribution in [0.3, 0.4) is 0 Å². The Bertz CT molecular complexity index is 890. The molecule has 3 aromatic heterocycles. The monoisotopic (exact) mass is 349 g/mol. The summed E-state index contributed by atoms with van der Waals surface area (Å²) >= 11 is 0. The van der Waals surface area contributed by atoms with Gasteiger partial charge in [0.05, 0.1) is 6.20 Å². The second-order valence-corrected chi connectivity index (χ2v) is 6.74. The third-order valence-electron chi connectivity index (χ3n) is 4.52. The van der Waals surface area contributed by atoms with Crippen LogP contribution in [0.2, 0.25) is 0 Å². The fraction of sp³-hybridized carbons (Fsp3) is 0.368. The standard InChI is InChI=1S/C19H23N7/c1-14-12-20-26(13-14)18-6-4-5-17(23-18)24-7-9-25(10-8-24)19-21-15(2)11-16(3)22-19/h4-6,11-13H,7-10H2,1-3H3. The molecule has 0 unspecified atom stereocenters. The minimum atomic E-state index is 0.830. The van der Waals surface area contributed by atoms with E-state index in [1.165, 1.54) is 0 Å². The van der Waals surface area contributed by atoms with Crippen LogP contribution >= 0.6 is 0 Å². The van der Waals surface area contributed by atoms with Crippen LogP contribution in [0, 0.1) is 20.8 Å². The van der Waals surface area contributed by atoms with E-state index in [1.54, 1.807) is 0 Å². The highest BCUT2D eigenvalue weighted by atomic mass is 15.4. The van der Waals surface area contributed by atoms with Gasteiger partial charge in [-0.15, -0.1) is 0 Å². The number of aromatic nitrogens is 5. The fourth-order valence-corrected chi connectivity index (χ4v) is 3.24. The molecule has 26 heavy (non-hydrogen) atoms. The molecule has 134 valence electrons. The average Bonchev–Trinajstić information content (AvgIpc) is 3.08. The van der Waals surface area contributed by atoms with Crippen molar-refractivity contribution in [2.45, 2.75) is 20.8 Å². The van der Waals surface area contributed by atoms with Crippen LogP contribution in [0.1, 0.15) is 17.0 Å². The second-order valence-electron chi connectivity index (χ2n) is 6.74. The predicted octanol–water partition coefficient (Wildman–Crippen LogP) is 2.31. The number of rotatable bonds is 3. The number of piperazine rings is 1. The second kappa shape index (κ2) is 6.74. The Morgan fingerprint density at radius 3 is 2.12 bits per heavy atom. The zero-order valence-corrected chi connectivity index (χ0v) is 15.4. The molecule has 0 N–H and O–H groups in total. The molecule has 1 aliphatic heterocycles. The molecule has 1 aliphatic rings. The van der Waals surface area contributed by atoms with Crippen molar-refractivity contribution in [3.05, 3.63) is 53.6 Å². The van der Waals surface area contributed by atoms with Crippen molar-refractivity contribution in [3.8, 4) is 5.82 Å². The van der Waals surface area contributed by atoms with Gasteiger partial charge in [0.1, 0.15) is 5.82 Å². The van der Waals surface area contributed by atoms with Crippen LogP contribution in [0.25, 0.3) is 5.82 Å². The van der Waals surface area contributed by atoms with Crippen LogP contribution in [-0.4, -0.2) is 50.9 Å². The number of hydrogen-bond donors (Lipinski definition) is 0. The highest BCUT2D eigenvalue weighted by molar-refractivity contribution is 5.45. The molecular weight excluding hydrogens is 326 g/mol. The topological polar surface area (TPSA) is 63.0 Å². The summed E-state index contributed by atoms with van der Waals surface area (Å²) in [7, 11) is 0. The van der Waals surface area contributed by atoms with Gasteiger partial charge < -0.3 is 9.80 Å². The van der Waals surface area contributed by atoms with Gasteiger partial charge in [0.15, 0.2) is 5.82 Å². The summed E-state index contributed by atoms with van der Waals surface area (Å²) in [6, 6.07) is 8.08. The number of pyridine rings is 1. The highest BCUT2D eigenvalue weighted by Gasteiger charge is 2.20. The Kier molecular flexibility index (Phi) is 4.28. The van der Waals surface area contributed by atoms with Gasteiger partial charge in [0.25, 0.3) is 0 Å². The normalized spacial score (nSPS) is 14.7. The Morgan fingerprint density at radius 1 is 0.808 bits per heavy atom. The lowest BCUT2D eigenvalue weighted by Crippen LogP contribution is -2.47. The molecule has 7 nitrogen and oxygen atoms in total. The van der Waals surface area contributed by atoms with E-state index >= 15 is 0 Å². The fourth-order valence-electron chi connectivity index (χ4n) is 3.24. The maximum Gasteiger partial charge on any atom is 0.225 e. The van der Waals surface area contributed by atoms with Gasteiger partial charge in [-0.2, -0.15) is 5.10 Å². The third-order valence-corrected chi connectivity index (χ3v) is 4.52. The Balaban J connectivity index is 1.48. The molecule has 3 aromatic rings. The molecule has 1 saturated heterocycles. The summed E-state index contributed by atoms with van der Waals surface area (Å²) in [5.74, 6) is 2.66. The lowest BCUT2D eigenvalue weighted by molar-refractivity contribution is 0.631. The Morgan fingerprint density at radius 2 is 1.46 bits per heavy atom. The quantitative estimate of drug-likeness (QED) is 0.723. The SMILES string of the molecule is Cc1cnn(-c2cccc(N3CCN(c4nc(C)cc(C)n4)CC3)n2)c1. The van der Waals surface area contributed by atoms with E-state index < -0.39 is 0 Å². The first kappa shape index (κ1) is 16.5. The van der Waals surface area contributed by atoms with Crippen LogP contribution in [0.4, 0.5) is 11.8 Å². The molecule has 0 atom stereocenters. The first-order valence-corrected chi connectivity index (χ1v) is 8.89. The molecule has 0 bridgehead atoms. The molecule has 4 heterocycles. The third kappa shape index (κ3) is 3.37. The average molecular weight is 349 g/mol. The van der Waals surface area contributed by atoms with E-state index in [0.717, 1.165) is 60.7 Å². The largest absolute Gasteiger partial charge is 0.353 e. The summed E-state index contributed by atoms with van der Waals surface area (Å²) in [4.78, 5) is 18.5. The molecule has 0 saturated carbocycles. The Labute approximate surface area is 153 Å². The van der Waals surface area contributed by atoms with Crippen molar-refractivity contribution in [2.24, 2.45) is 0 Å². The molecule has 0 amide bonds. The number of nitrogens with zero attached hydrogens (tertiary/aromatic N) is 7. The number of anilines is 2. The van der Waals surface area contributed by atoms with Crippen LogP contribution in [0.5, 0.6) is 0 Å². The summed E-state index contributed by atoms with van der Waals surface area (Å²) in [6.45, 7) is 9.62. The molecule has 0 aromatic carbocycles. The summed E-state index contributed by atoms with van der Waals surface area (Å²) in [5, 5.41) is 4.35. The van der Waals surface area contributed by atoms with Gasteiger partial charge in [-0.25, -0.2) is 19.6 Å². The van der Waals surface area contributed by atoms with Crippen LogP contribution in [0.15, 0.2) is 36.7 Å². The maximum absolute atomic E-state index is 4.78. The van der Waals surface area contributed by atoms with Gasteiger partial charge in [-0.1, -0.05) is 6.07 Å². The van der Waals surface area contributed by atoms with Gasteiger partial charge in [-0.3, -0.25) is 0 Å². The van der Waals surface area contributed by atoms with Crippen molar-refractivity contribution in [1.82, 2.24) is 24.7 Å². The van der Waals surface area contributed by atoms with Crippen LogP contribution in [-0.2, 0) is 0 Å². The van der Waals surface area contributed by atoms with Crippen LogP contribution < -0.4 is 9.80 Å². The van der Waals surface area contributed by atoms with E-state index in [1.807, 2.05) is 56.0 Å². The molecule has 4 rings (SSSR count). The number of aryl methyl sites for hydroxylation is 3. The van der Waals surface area contributed by atoms with Gasteiger partial charge in [-0.05, 0) is 44.5 Å². The highest BCUT2D eigenvalue weighted by Crippen LogP contribution is 2.18. The van der Waals surface area contributed by atoms with Crippen molar-refractivity contribution < 1.29 is 0 Å². The van der Waals surface area contributed by atoms with E-state index in [-0.39, 0.29) is 0 Å². The molecule has 0 aliphatic carbocycles. The lowest BCUT2D eigenvalue weighted by Gasteiger charge is -2.35. The van der Waals surface area contributed by atoms with E-state index in [4.69, 9.17) is 4.98 Å². The minimum absolute atomic E-state index is 0.830. The summed E-state index contributed by atoms with van der Waals surface area (Å²) in [5.41, 5.74) is 3.15.